The fourth-order valence-corrected chi connectivity index (χ4v) is 3.25. The molecule has 0 aliphatic heterocycles. The van der Waals surface area contributed by atoms with Gasteiger partial charge >= 0.3 is 7.82 Å². The maximum absolute atomic E-state index is 12.3. The van der Waals surface area contributed by atoms with E-state index in [1.165, 1.54) is 0 Å². The molecule has 29 heavy (non-hydrogen) atoms. The number of phosphoric acid groups is 1. The van der Waals surface area contributed by atoms with Crippen LogP contribution >= 0.6 is 7.82 Å². The minimum absolute atomic E-state index is 0.157. The Kier molecular flexibility index (Phi) is 12.9. The highest BCUT2D eigenvalue weighted by Crippen LogP contribution is 2.37. The number of phosphoric ester groups is 1. The van der Waals surface area contributed by atoms with E-state index >= 15 is 0 Å². The smallest absolute Gasteiger partial charge is 0.469 e. The monoisotopic (exact) mass is 429 g/mol. The molecular weight excluding hydrogens is 393 g/mol. The van der Waals surface area contributed by atoms with Gasteiger partial charge < -0.3 is 19.8 Å². The second-order valence-corrected chi connectivity index (χ2v) is 8.44. The molecule has 1 atom stereocenters. The third-order valence-electron chi connectivity index (χ3n) is 4.53. The van der Waals surface area contributed by atoms with Gasteiger partial charge in [-0.1, -0.05) is 64.5 Å². The summed E-state index contributed by atoms with van der Waals surface area (Å²) in [4.78, 5) is 30.4. The van der Waals surface area contributed by atoms with Gasteiger partial charge in [-0.15, -0.1) is 0 Å². The summed E-state index contributed by atoms with van der Waals surface area (Å²) >= 11 is 0. The number of ether oxygens (including phenoxy) is 1. The zero-order chi connectivity index (χ0) is 21.5. The summed E-state index contributed by atoms with van der Waals surface area (Å²) in [6, 6.07) is 6.53. The van der Waals surface area contributed by atoms with E-state index in [1.807, 2.05) is 6.07 Å². The average Bonchev–Trinajstić information content (AvgIpc) is 2.68. The van der Waals surface area contributed by atoms with Crippen molar-refractivity contribution in [2.45, 2.75) is 77.7 Å². The average molecular weight is 429 g/mol. The Morgan fingerprint density at radius 2 is 1.76 bits per heavy atom. The Morgan fingerprint density at radius 3 is 2.45 bits per heavy atom. The lowest BCUT2D eigenvalue weighted by Gasteiger charge is -2.20. The van der Waals surface area contributed by atoms with Crippen LogP contribution < -0.4 is 10.1 Å². The molecule has 0 saturated carbocycles. The van der Waals surface area contributed by atoms with Crippen molar-refractivity contribution in [3.05, 3.63) is 29.8 Å². The number of carbonyl (C=O) groups excluding carboxylic acids is 1. The lowest BCUT2D eigenvalue weighted by Crippen LogP contribution is -2.31. The third-order valence-corrected chi connectivity index (χ3v) is 5.01. The van der Waals surface area contributed by atoms with Crippen molar-refractivity contribution >= 4 is 13.7 Å². The highest BCUT2D eigenvalue weighted by Gasteiger charge is 2.21. The minimum atomic E-state index is -4.64. The number of carbonyl (C=O) groups is 1. The molecule has 0 fully saturated rings. The molecule has 0 spiro atoms. The van der Waals surface area contributed by atoms with Gasteiger partial charge in [-0.05, 0) is 30.5 Å². The van der Waals surface area contributed by atoms with Crippen LogP contribution in [0, 0.1) is 0 Å². The van der Waals surface area contributed by atoms with Gasteiger partial charge in [0.15, 0.2) is 0 Å². The number of benzene rings is 1. The summed E-state index contributed by atoms with van der Waals surface area (Å²) in [7, 11) is -4.64. The van der Waals surface area contributed by atoms with E-state index in [-0.39, 0.29) is 12.5 Å². The van der Waals surface area contributed by atoms with Crippen LogP contribution in [0.5, 0.6) is 5.75 Å². The van der Waals surface area contributed by atoms with Crippen molar-refractivity contribution in [3.63, 3.8) is 0 Å². The van der Waals surface area contributed by atoms with E-state index in [9.17, 15) is 9.36 Å². The normalized spacial score (nSPS) is 12.6. The van der Waals surface area contributed by atoms with Crippen molar-refractivity contribution in [1.82, 2.24) is 5.32 Å². The van der Waals surface area contributed by atoms with Crippen molar-refractivity contribution in [1.29, 1.82) is 0 Å². The fraction of sp³-hybridized carbons (Fsp3) is 0.667. The van der Waals surface area contributed by atoms with Gasteiger partial charge in [0.2, 0.25) is 5.91 Å². The first-order valence-corrected chi connectivity index (χ1v) is 12.1. The Hall–Kier alpha value is -1.40. The summed E-state index contributed by atoms with van der Waals surface area (Å²) in [5.41, 5.74) is 0.686. The number of hydrogen-bond donors (Lipinski definition) is 3. The molecule has 7 nitrogen and oxygen atoms in total. The molecule has 1 aromatic carbocycles. The van der Waals surface area contributed by atoms with Gasteiger partial charge in [0.25, 0.3) is 0 Å². The molecule has 0 aliphatic rings. The van der Waals surface area contributed by atoms with Crippen LogP contribution in [0.3, 0.4) is 0 Å². The molecule has 1 aromatic rings. The molecule has 1 amide bonds. The van der Waals surface area contributed by atoms with Crippen molar-refractivity contribution in [2.75, 3.05) is 13.2 Å². The highest BCUT2D eigenvalue weighted by molar-refractivity contribution is 7.46. The second-order valence-electron chi connectivity index (χ2n) is 7.20. The topological polar surface area (TPSA) is 105 Å². The SMILES string of the molecule is CCCCCCCC(=O)NC(COP(=O)(O)O)c1cccc(OCCCCC)c1. The standard InChI is InChI=1S/C21H36NO6P/c1-3-5-7-8-9-14-21(23)22-20(17-28-29(24,25)26)18-12-11-13-19(16-18)27-15-10-6-4-2/h11-13,16,20H,3-10,14-15,17H2,1-2H3,(H,22,23)(H2,24,25,26). The van der Waals surface area contributed by atoms with Crippen LogP contribution in [-0.2, 0) is 13.9 Å². The summed E-state index contributed by atoms with van der Waals surface area (Å²) in [5.74, 6) is 0.503. The van der Waals surface area contributed by atoms with Gasteiger partial charge in [0.05, 0.1) is 19.3 Å². The van der Waals surface area contributed by atoms with Crippen LogP contribution in [0.25, 0.3) is 0 Å². The van der Waals surface area contributed by atoms with E-state index < -0.39 is 13.9 Å². The molecular formula is C21H36NO6P. The van der Waals surface area contributed by atoms with E-state index in [0.717, 1.165) is 51.4 Å². The van der Waals surface area contributed by atoms with Crippen molar-refractivity contribution < 1.29 is 28.4 Å². The van der Waals surface area contributed by atoms with E-state index in [0.29, 0.717) is 24.3 Å². The first-order valence-electron chi connectivity index (χ1n) is 10.6. The summed E-state index contributed by atoms with van der Waals surface area (Å²) in [5, 5.41) is 2.84. The number of rotatable bonds is 16. The number of nitrogens with one attached hydrogen (secondary N) is 1. The highest BCUT2D eigenvalue weighted by atomic mass is 31.2. The number of hydrogen-bond acceptors (Lipinski definition) is 4. The minimum Gasteiger partial charge on any atom is -0.494 e. The van der Waals surface area contributed by atoms with E-state index in [1.54, 1.807) is 18.2 Å². The van der Waals surface area contributed by atoms with Gasteiger partial charge in [-0.3, -0.25) is 9.32 Å². The van der Waals surface area contributed by atoms with Crippen LogP contribution in [0.1, 0.15) is 83.2 Å². The quantitative estimate of drug-likeness (QED) is 0.255. The van der Waals surface area contributed by atoms with Gasteiger partial charge in [0.1, 0.15) is 5.75 Å². The van der Waals surface area contributed by atoms with E-state index in [4.69, 9.17) is 14.5 Å². The van der Waals surface area contributed by atoms with Gasteiger partial charge in [-0.25, -0.2) is 4.57 Å². The van der Waals surface area contributed by atoms with Crippen LogP contribution in [0.4, 0.5) is 0 Å². The fourth-order valence-electron chi connectivity index (χ4n) is 2.91. The predicted molar refractivity (Wildman–Crippen MR) is 114 cm³/mol. The Balaban J connectivity index is 2.70. The molecule has 0 bridgehead atoms. The molecule has 0 heterocycles. The third kappa shape index (κ3) is 12.7. The summed E-state index contributed by atoms with van der Waals surface area (Å²) in [6.07, 6.45) is 8.72. The molecule has 166 valence electrons. The van der Waals surface area contributed by atoms with Gasteiger partial charge in [-0.2, -0.15) is 0 Å². The maximum Gasteiger partial charge on any atom is 0.469 e. The molecule has 3 N–H and O–H groups in total. The molecule has 0 saturated heterocycles. The molecule has 0 aromatic heterocycles. The van der Waals surface area contributed by atoms with Crippen molar-refractivity contribution in [2.24, 2.45) is 0 Å². The van der Waals surface area contributed by atoms with Gasteiger partial charge in [0, 0.05) is 6.42 Å². The molecule has 1 unspecified atom stereocenters. The molecule has 1 rings (SSSR count). The van der Waals surface area contributed by atoms with Crippen LogP contribution in [0.15, 0.2) is 24.3 Å². The maximum atomic E-state index is 12.3. The number of amides is 1. The lowest BCUT2D eigenvalue weighted by molar-refractivity contribution is -0.122. The van der Waals surface area contributed by atoms with Crippen molar-refractivity contribution in [3.8, 4) is 5.75 Å². The lowest BCUT2D eigenvalue weighted by atomic mass is 10.1. The Morgan fingerprint density at radius 1 is 1.07 bits per heavy atom. The molecule has 0 aliphatic carbocycles. The zero-order valence-corrected chi connectivity index (χ0v) is 18.5. The summed E-state index contributed by atoms with van der Waals surface area (Å²) in [6.45, 7) is 4.55. The second kappa shape index (κ2) is 14.6. The molecule has 8 heteroatoms. The number of unbranched alkanes of at least 4 members (excludes halogenated alkanes) is 6. The summed E-state index contributed by atoms with van der Waals surface area (Å²) < 4.78 is 21.5. The largest absolute Gasteiger partial charge is 0.494 e. The Bertz CT molecular complexity index is 633. The van der Waals surface area contributed by atoms with Crippen LogP contribution in [-0.4, -0.2) is 28.9 Å². The first-order chi connectivity index (χ1) is 13.9. The molecule has 0 radical (unpaired) electrons. The van der Waals surface area contributed by atoms with E-state index in [2.05, 4.69) is 23.7 Å². The first kappa shape index (κ1) is 25.6. The Labute approximate surface area is 174 Å². The predicted octanol–water partition coefficient (Wildman–Crippen LogP) is 4.88. The zero-order valence-electron chi connectivity index (χ0n) is 17.6. The van der Waals surface area contributed by atoms with Crippen LogP contribution in [0.2, 0.25) is 0 Å².